The lowest BCUT2D eigenvalue weighted by Gasteiger charge is -2.05. The van der Waals surface area contributed by atoms with Crippen LogP contribution in [0.4, 0.5) is 0 Å². The van der Waals surface area contributed by atoms with Gasteiger partial charge in [-0.1, -0.05) is 13.3 Å². The number of aromatic nitrogens is 2. The molecule has 1 heterocycles. The quantitative estimate of drug-likeness (QED) is 0.393. The Labute approximate surface area is 108 Å². The van der Waals surface area contributed by atoms with Crippen LogP contribution in [0.15, 0.2) is 23.6 Å². The molecule has 0 fully saturated rings. The van der Waals surface area contributed by atoms with Gasteiger partial charge in [-0.2, -0.15) is 0 Å². The van der Waals surface area contributed by atoms with Gasteiger partial charge < -0.3 is 10.1 Å². The number of hydrogen-bond donors (Lipinski definition) is 1. The molecule has 17 heavy (non-hydrogen) atoms. The number of ether oxygens (including phenoxy) is 1. The molecule has 4 nitrogen and oxygen atoms in total. The summed E-state index contributed by atoms with van der Waals surface area (Å²) in [5.41, 5.74) is 0. The molecule has 1 aromatic rings. The van der Waals surface area contributed by atoms with Crippen molar-refractivity contribution >= 4 is 11.8 Å². The van der Waals surface area contributed by atoms with E-state index in [9.17, 15) is 0 Å². The van der Waals surface area contributed by atoms with Crippen LogP contribution in [0.1, 0.15) is 19.8 Å². The van der Waals surface area contributed by atoms with Crippen molar-refractivity contribution in [1.29, 1.82) is 0 Å². The monoisotopic (exact) mass is 255 g/mol. The van der Waals surface area contributed by atoms with Crippen molar-refractivity contribution in [2.45, 2.75) is 24.8 Å². The van der Waals surface area contributed by atoms with Gasteiger partial charge in [0.25, 0.3) is 0 Å². The zero-order valence-electron chi connectivity index (χ0n) is 10.4. The van der Waals surface area contributed by atoms with Crippen LogP contribution >= 0.6 is 11.8 Å². The SMILES string of the molecule is CCCCOCCNCCSc1ccncn1. The Balaban J connectivity index is 1.85. The maximum Gasteiger partial charge on any atom is 0.116 e. The van der Waals surface area contributed by atoms with Crippen molar-refractivity contribution in [2.24, 2.45) is 0 Å². The highest BCUT2D eigenvalue weighted by Crippen LogP contribution is 2.11. The Bertz CT molecular complexity index is 272. The van der Waals surface area contributed by atoms with Crippen molar-refractivity contribution in [3.8, 4) is 0 Å². The molecule has 0 aliphatic heterocycles. The highest BCUT2D eigenvalue weighted by molar-refractivity contribution is 7.99. The Hall–Kier alpha value is -0.650. The minimum Gasteiger partial charge on any atom is -0.380 e. The number of nitrogens with one attached hydrogen (secondary N) is 1. The minimum atomic E-state index is 0.804. The summed E-state index contributed by atoms with van der Waals surface area (Å²) in [7, 11) is 0. The predicted molar refractivity (Wildman–Crippen MR) is 71.4 cm³/mol. The second kappa shape index (κ2) is 10.5. The third-order valence-corrected chi connectivity index (χ3v) is 3.09. The van der Waals surface area contributed by atoms with E-state index in [1.165, 1.54) is 6.42 Å². The van der Waals surface area contributed by atoms with E-state index in [1.807, 2.05) is 6.07 Å². The fourth-order valence-corrected chi connectivity index (χ4v) is 1.94. The van der Waals surface area contributed by atoms with Gasteiger partial charge in [-0.05, 0) is 12.5 Å². The van der Waals surface area contributed by atoms with Gasteiger partial charge in [0.15, 0.2) is 0 Å². The average molecular weight is 255 g/mol. The van der Waals surface area contributed by atoms with Crippen molar-refractivity contribution in [2.75, 3.05) is 32.1 Å². The van der Waals surface area contributed by atoms with Crippen LogP contribution in [0.2, 0.25) is 0 Å². The fourth-order valence-electron chi connectivity index (χ4n) is 1.21. The van der Waals surface area contributed by atoms with E-state index in [2.05, 4.69) is 22.2 Å². The first-order valence-electron chi connectivity index (χ1n) is 6.10. The van der Waals surface area contributed by atoms with E-state index in [1.54, 1.807) is 24.3 Å². The highest BCUT2D eigenvalue weighted by atomic mass is 32.2. The van der Waals surface area contributed by atoms with Crippen LogP contribution in [-0.4, -0.2) is 42.0 Å². The van der Waals surface area contributed by atoms with E-state index >= 15 is 0 Å². The van der Waals surface area contributed by atoms with Gasteiger partial charge in [0, 0.05) is 31.6 Å². The number of rotatable bonds is 10. The molecule has 0 unspecified atom stereocenters. The molecule has 0 amide bonds. The van der Waals surface area contributed by atoms with Crippen LogP contribution in [0, 0.1) is 0 Å². The minimum absolute atomic E-state index is 0.804. The average Bonchev–Trinajstić information content (AvgIpc) is 2.38. The summed E-state index contributed by atoms with van der Waals surface area (Å²) in [6.07, 6.45) is 5.70. The molecular weight excluding hydrogens is 234 g/mol. The van der Waals surface area contributed by atoms with Gasteiger partial charge in [0.1, 0.15) is 6.33 Å². The summed E-state index contributed by atoms with van der Waals surface area (Å²) in [6, 6.07) is 1.93. The first-order valence-corrected chi connectivity index (χ1v) is 7.09. The molecule has 0 aliphatic rings. The molecule has 5 heteroatoms. The van der Waals surface area contributed by atoms with Gasteiger partial charge in [0.2, 0.25) is 0 Å². The summed E-state index contributed by atoms with van der Waals surface area (Å²) >= 11 is 1.74. The summed E-state index contributed by atoms with van der Waals surface area (Å²) in [5.74, 6) is 1.02. The molecule has 0 aliphatic carbocycles. The molecular formula is C12H21N3OS. The van der Waals surface area contributed by atoms with Gasteiger partial charge >= 0.3 is 0 Å². The lowest BCUT2D eigenvalue weighted by Crippen LogP contribution is -2.22. The van der Waals surface area contributed by atoms with E-state index in [0.717, 1.165) is 43.5 Å². The Morgan fingerprint density at radius 3 is 3.06 bits per heavy atom. The third-order valence-electron chi connectivity index (χ3n) is 2.15. The summed E-state index contributed by atoms with van der Waals surface area (Å²) in [5, 5.41) is 4.37. The molecule has 1 N–H and O–H groups in total. The smallest absolute Gasteiger partial charge is 0.116 e. The fraction of sp³-hybridized carbons (Fsp3) is 0.667. The molecule has 0 aromatic carbocycles. The summed E-state index contributed by atoms with van der Waals surface area (Å²) in [6.45, 7) is 5.76. The molecule has 1 aromatic heterocycles. The Kier molecular flexibility index (Phi) is 8.90. The number of thioether (sulfide) groups is 1. The van der Waals surface area contributed by atoms with Gasteiger partial charge in [-0.3, -0.25) is 0 Å². The van der Waals surface area contributed by atoms with Crippen molar-refractivity contribution < 1.29 is 4.74 Å². The zero-order valence-corrected chi connectivity index (χ0v) is 11.2. The molecule has 0 spiro atoms. The van der Waals surface area contributed by atoms with Gasteiger partial charge in [0.05, 0.1) is 11.6 Å². The molecule has 0 saturated carbocycles. The third kappa shape index (κ3) is 8.12. The van der Waals surface area contributed by atoms with Gasteiger partial charge in [-0.15, -0.1) is 11.8 Å². The van der Waals surface area contributed by atoms with E-state index < -0.39 is 0 Å². The predicted octanol–water partition coefficient (Wildman–Crippen LogP) is 1.97. The van der Waals surface area contributed by atoms with Crippen molar-refractivity contribution in [3.63, 3.8) is 0 Å². The molecule has 1 rings (SSSR count). The number of nitrogens with zero attached hydrogens (tertiary/aromatic N) is 2. The lowest BCUT2D eigenvalue weighted by molar-refractivity contribution is 0.133. The second-order valence-electron chi connectivity index (χ2n) is 3.61. The Morgan fingerprint density at radius 2 is 2.29 bits per heavy atom. The molecule has 0 radical (unpaired) electrons. The summed E-state index contributed by atoms with van der Waals surface area (Å²) in [4.78, 5) is 8.03. The maximum absolute atomic E-state index is 5.45. The first-order chi connectivity index (χ1) is 8.43. The van der Waals surface area contributed by atoms with Crippen LogP contribution in [0.25, 0.3) is 0 Å². The largest absolute Gasteiger partial charge is 0.380 e. The van der Waals surface area contributed by atoms with Crippen LogP contribution in [0.3, 0.4) is 0 Å². The number of hydrogen-bond acceptors (Lipinski definition) is 5. The van der Waals surface area contributed by atoms with E-state index in [4.69, 9.17) is 4.74 Å². The highest BCUT2D eigenvalue weighted by Gasteiger charge is 1.94. The van der Waals surface area contributed by atoms with Crippen LogP contribution in [-0.2, 0) is 4.74 Å². The maximum atomic E-state index is 5.45. The van der Waals surface area contributed by atoms with Crippen LogP contribution in [0.5, 0.6) is 0 Å². The molecule has 0 bridgehead atoms. The molecule has 0 atom stereocenters. The topological polar surface area (TPSA) is 47.0 Å². The zero-order chi connectivity index (χ0) is 12.2. The first kappa shape index (κ1) is 14.4. The van der Waals surface area contributed by atoms with Gasteiger partial charge in [-0.25, -0.2) is 9.97 Å². The van der Waals surface area contributed by atoms with Crippen LogP contribution < -0.4 is 5.32 Å². The van der Waals surface area contributed by atoms with Crippen molar-refractivity contribution in [3.05, 3.63) is 18.6 Å². The number of unbranched alkanes of at least 4 members (excludes halogenated alkanes) is 1. The summed E-state index contributed by atoms with van der Waals surface area (Å²) < 4.78 is 5.45. The van der Waals surface area contributed by atoms with Crippen molar-refractivity contribution in [1.82, 2.24) is 15.3 Å². The van der Waals surface area contributed by atoms with E-state index in [-0.39, 0.29) is 0 Å². The molecule has 96 valence electrons. The van der Waals surface area contributed by atoms with E-state index in [0.29, 0.717) is 0 Å². The Morgan fingerprint density at radius 1 is 1.35 bits per heavy atom. The standard InChI is InChI=1S/C12H21N3OS/c1-2-3-8-16-9-6-13-7-10-17-12-4-5-14-11-15-12/h4-5,11,13H,2-3,6-10H2,1H3. The normalized spacial score (nSPS) is 10.6. The molecule has 0 saturated heterocycles. The lowest BCUT2D eigenvalue weighted by atomic mass is 10.4. The second-order valence-corrected chi connectivity index (χ2v) is 4.73.